The molecule has 1 atom stereocenters. The maximum Gasteiger partial charge on any atom is 0.134 e. The molecule has 3 heteroatoms. The maximum absolute atomic E-state index is 6.53. The van der Waals surface area contributed by atoms with Crippen LogP contribution in [0.4, 0.5) is 0 Å². The molecule has 20 heavy (non-hydrogen) atoms. The van der Waals surface area contributed by atoms with Gasteiger partial charge in [0, 0.05) is 12.5 Å². The fourth-order valence-electron chi connectivity index (χ4n) is 3.38. The lowest BCUT2D eigenvalue weighted by atomic mass is 9.85. The van der Waals surface area contributed by atoms with Crippen molar-refractivity contribution in [3.05, 3.63) is 36.1 Å². The van der Waals surface area contributed by atoms with Crippen molar-refractivity contribution in [2.45, 2.75) is 50.2 Å². The summed E-state index contributed by atoms with van der Waals surface area (Å²) < 4.78 is 11.8. The third kappa shape index (κ3) is 2.36. The van der Waals surface area contributed by atoms with Crippen LogP contribution < -0.4 is 5.73 Å². The van der Waals surface area contributed by atoms with Gasteiger partial charge in [-0.1, -0.05) is 43.9 Å². The van der Waals surface area contributed by atoms with Crippen molar-refractivity contribution in [3.8, 4) is 0 Å². The lowest BCUT2D eigenvalue weighted by molar-refractivity contribution is -0.0484. The zero-order chi connectivity index (χ0) is 14.0. The number of ether oxygens (including phenoxy) is 1. The molecule has 0 amide bonds. The van der Waals surface area contributed by atoms with Crippen LogP contribution in [-0.4, -0.2) is 12.7 Å². The van der Waals surface area contributed by atoms with Crippen molar-refractivity contribution in [1.82, 2.24) is 0 Å². The first kappa shape index (κ1) is 13.7. The van der Waals surface area contributed by atoms with Crippen molar-refractivity contribution >= 4 is 11.0 Å². The Morgan fingerprint density at radius 1 is 1.15 bits per heavy atom. The third-order valence-electron chi connectivity index (χ3n) is 4.67. The highest BCUT2D eigenvalue weighted by Gasteiger charge is 2.39. The van der Waals surface area contributed by atoms with E-state index in [0.717, 1.165) is 29.6 Å². The molecular weight excluding hydrogens is 250 g/mol. The molecule has 1 fully saturated rings. The SMILES string of the molecule is COC1(C(N)c2cc3ccccc3o2)CCCCCC1. The van der Waals surface area contributed by atoms with Gasteiger partial charge >= 0.3 is 0 Å². The standard InChI is InChI=1S/C17H23NO2/c1-19-17(10-6-2-3-7-11-17)16(18)15-12-13-8-4-5-9-14(13)20-15/h4-5,8-9,12,16H,2-3,6-7,10-11,18H2,1H3. The molecule has 1 unspecified atom stereocenters. The van der Waals surface area contributed by atoms with Crippen LogP contribution in [0.5, 0.6) is 0 Å². The van der Waals surface area contributed by atoms with Crippen LogP contribution in [0.15, 0.2) is 34.7 Å². The number of furan rings is 1. The number of hydrogen-bond acceptors (Lipinski definition) is 3. The first-order valence-electron chi connectivity index (χ1n) is 7.54. The van der Waals surface area contributed by atoms with E-state index in [1.54, 1.807) is 7.11 Å². The summed E-state index contributed by atoms with van der Waals surface area (Å²) in [6, 6.07) is 9.91. The smallest absolute Gasteiger partial charge is 0.134 e. The number of para-hydroxylation sites is 1. The van der Waals surface area contributed by atoms with Crippen LogP contribution >= 0.6 is 0 Å². The van der Waals surface area contributed by atoms with E-state index in [1.807, 2.05) is 18.2 Å². The number of methoxy groups -OCH3 is 1. The molecule has 0 saturated heterocycles. The molecule has 1 aromatic carbocycles. The average Bonchev–Trinajstić information content (AvgIpc) is 2.76. The molecule has 2 aromatic rings. The van der Waals surface area contributed by atoms with Crippen LogP contribution in [0, 0.1) is 0 Å². The summed E-state index contributed by atoms with van der Waals surface area (Å²) in [7, 11) is 1.79. The van der Waals surface area contributed by atoms with Crippen molar-refractivity contribution < 1.29 is 9.15 Å². The zero-order valence-electron chi connectivity index (χ0n) is 12.1. The van der Waals surface area contributed by atoms with Gasteiger partial charge in [-0.25, -0.2) is 0 Å². The van der Waals surface area contributed by atoms with Gasteiger partial charge in [0.2, 0.25) is 0 Å². The van der Waals surface area contributed by atoms with Gasteiger partial charge in [-0.2, -0.15) is 0 Å². The molecule has 1 saturated carbocycles. The maximum atomic E-state index is 6.53. The fourth-order valence-corrected chi connectivity index (χ4v) is 3.38. The van der Waals surface area contributed by atoms with Gasteiger partial charge in [-0.15, -0.1) is 0 Å². The number of hydrogen-bond donors (Lipinski definition) is 1. The van der Waals surface area contributed by atoms with Gasteiger partial charge in [-0.3, -0.25) is 0 Å². The minimum absolute atomic E-state index is 0.196. The average molecular weight is 273 g/mol. The topological polar surface area (TPSA) is 48.4 Å². The minimum Gasteiger partial charge on any atom is -0.459 e. The molecule has 108 valence electrons. The summed E-state index contributed by atoms with van der Waals surface area (Å²) in [5.41, 5.74) is 7.16. The number of rotatable bonds is 3. The van der Waals surface area contributed by atoms with E-state index in [4.69, 9.17) is 14.9 Å². The van der Waals surface area contributed by atoms with Crippen LogP contribution in [0.25, 0.3) is 11.0 Å². The molecule has 1 heterocycles. The molecule has 1 aliphatic carbocycles. The molecule has 3 nitrogen and oxygen atoms in total. The summed E-state index contributed by atoms with van der Waals surface area (Å²) >= 11 is 0. The Morgan fingerprint density at radius 2 is 1.85 bits per heavy atom. The zero-order valence-corrected chi connectivity index (χ0v) is 12.1. The predicted octanol–water partition coefficient (Wildman–Crippen LogP) is 4.17. The molecule has 1 aliphatic rings. The van der Waals surface area contributed by atoms with Crippen molar-refractivity contribution in [2.75, 3.05) is 7.11 Å². The normalized spacial score (nSPS) is 20.7. The second-order valence-corrected chi connectivity index (χ2v) is 5.85. The molecule has 3 rings (SSSR count). The lowest BCUT2D eigenvalue weighted by Crippen LogP contribution is -2.42. The summed E-state index contributed by atoms with van der Waals surface area (Å²) in [5.74, 6) is 0.843. The molecule has 0 radical (unpaired) electrons. The molecular formula is C17H23NO2. The molecule has 0 bridgehead atoms. The van der Waals surface area contributed by atoms with Crippen molar-refractivity contribution in [1.29, 1.82) is 0 Å². The second-order valence-electron chi connectivity index (χ2n) is 5.85. The molecule has 2 N–H and O–H groups in total. The Hall–Kier alpha value is -1.32. The summed E-state index contributed by atoms with van der Waals surface area (Å²) in [6.07, 6.45) is 6.95. The minimum atomic E-state index is -0.273. The number of benzene rings is 1. The van der Waals surface area contributed by atoms with Gasteiger partial charge in [0.25, 0.3) is 0 Å². The molecule has 1 aromatic heterocycles. The van der Waals surface area contributed by atoms with E-state index < -0.39 is 0 Å². The Bertz CT molecular complexity index is 534. The summed E-state index contributed by atoms with van der Waals surface area (Å²) in [4.78, 5) is 0. The highest BCUT2D eigenvalue weighted by molar-refractivity contribution is 5.77. The van der Waals surface area contributed by atoms with Crippen LogP contribution in [0.1, 0.15) is 50.3 Å². The Labute approximate surface area is 120 Å². The molecule has 0 spiro atoms. The van der Waals surface area contributed by atoms with Gasteiger partial charge in [0.05, 0.1) is 11.6 Å². The van der Waals surface area contributed by atoms with E-state index in [1.165, 1.54) is 25.7 Å². The van der Waals surface area contributed by atoms with E-state index in [2.05, 4.69) is 12.1 Å². The molecule has 0 aliphatic heterocycles. The Kier molecular flexibility index (Phi) is 3.81. The summed E-state index contributed by atoms with van der Waals surface area (Å²) in [6.45, 7) is 0. The van der Waals surface area contributed by atoms with Crippen molar-refractivity contribution in [3.63, 3.8) is 0 Å². The summed E-state index contributed by atoms with van der Waals surface area (Å²) in [5, 5.41) is 1.11. The van der Waals surface area contributed by atoms with Gasteiger partial charge in [-0.05, 0) is 25.0 Å². The van der Waals surface area contributed by atoms with Gasteiger partial charge < -0.3 is 14.9 Å². The first-order valence-corrected chi connectivity index (χ1v) is 7.54. The highest BCUT2D eigenvalue weighted by Crippen LogP contribution is 2.40. The first-order chi connectivity index (χ1) is 9.75. The van der Waals surface area contributed by atoms with E-state index >= 15 is 0 Å². The van der Waals surface area contributed by atoms with Crippen LogP contribution in [0.2, 0.25) is 0 Å². The van der Waals surface area contributed by atoms with Gasteiger partial charge in [0.15, 0.2) is 0 Å². The highest BCUT2D eigenvalue weighted by atomic mass is 16.5. The second kappa shape index (κ2) is 5.58. The van der Waals surface area contributed by atoms with E-state index in [0.29, 0.717) is 0 Å². The number of fused-ring (bicyclic) bond motifs is 1. The van der Waals surface area contributed by atoms with E-state index in [-0.39, 0.29) is 11.6 Å². The Balaban J connectivity index is 1.94. The Morgan fingerprint density at radius 3 is 2.50 bits per heavy atom. The van der Waals surface area contributed by atoms with Gasteiger partial charge in [0.1, 0.15) is 11.3 Å². The van der Waals surface area contributed by atoms with Crippen LogP contribution in [0.3, 0.4) is 0 Å². The number of nitrogens with two attached hydrogens (primary N) is 1. The largest absolute Gasteiger partial charge is 0.459 e. The quantitative estimate of drug-likeness (QED) is 0.854. The van der Waals surface area contributed by atoms with Crippen molar-refractivity contribution in [2.24, 2.45) is 5.73 Å². The lowest BCUT2D eigenvalue weighted by Gasteiger charge is -2.36. The third-order valence-corrected chi connectivity index (χ3v) is 4.67. The fraction of sp³-hybridized carbons (Fsp3) is 0.529. The van der Waals surface area contributed by atoms with E-state index in [9.17, 15) is 0 Å². The monoisotopic (exact) mass is 273 g/mol. The van der Waals surface area contributed by atoms with Crippen LogP contribution in [-0.2, 0) is 4.74 Å². The predicted molar refractivity (Wildman–Crippen MR) is 80.6 cm³/mol.